The molecule has 0 bridgehead atoms. The Hall–Kier alpha value is -2.63. The third kappa shape index (κ3) is 4.50. The highest BCUT2D eigenvalue weighted by atomic mass is 19.1. The van der Waals surface area contributed by atoms with E-state index in [-0.39, 0.29) is 24.2 Å². The Balaban J connectivity index is 1.99. The first-order valence-corrected chi connectivity index (χ1v) is 8.68. The van der Waals surface area contributed by atoms with Crippen molar-refractivity contribution in [3.63, 3.8) is 0 Å². The number of halogens is 1. The fraction of sp³-hybridized carbons (Fsp3) is 0.400. The lowest BCUT2D eigenvalue weighted by Gasteiger charge is -2.06. The van der Waals surface area contributed by atoms with Gasteiger partial charge in [-0.05, 0) is 56.0 Å². The van der Waals surface area contributed by atoms with E-state index in [1.54, 1.807) is 19.1 Å². The van der Waals surface area contributed by atoms with Crippen LogP contribution >= 0.6 is 0 Å². The van der Waals surface area contributed by atoms with Gasteiger partial charge in [-0.1, -0.05) is 12.1 Å². The fourth-order valence-corrected chi connectivity index (χ4v) is 3.07. The van der Waals surface area contributed by atoms with Crippen LogP contribution in [-0.4, -0.2) is 23.1 Å². The van der Waals surface area contributed by atoms with E-state index >= 15 is 0 Å². The fourth-order valence-electron chi connectivity index (χ4n) is 3.07. The maximum atomic E-state index is 13.2. The normalized spacial score (nSPS) is 10.7. The predicted molar refractivity (Wildman–Crippen MR) is 97.4 cm³/mol. The van der Waals surface area contributed by atoms with E-state index in [2.05, 4.69) is 5.32 Å². The first-order valence-electron chi connectivity index (χ1n) is 8.68. The zero-order valence-corrected chi connectivity index (χ0v) is 15.7. The molecule has 0 unspecified atom stereocenters. The molecule has 5 nitrogen and oxygen atoms in total. The van der Waals surface area contributed by atoms with Gasteiger partial charge in [-0.25, -0.2) is 9.18 Å². The van der Waals surface area contributed by atoms with Crippen LogP contribution in [0.2, 0.25) is 0 Å². The van der Waals surface area contributed by atoms with Gasteiger partial charge in [0.25, 0.3) is 0 Å². The van der Waals surface area contributed by atoms with Gasteiger partial charge in [0.15, 0.2) is 0 Å². The number of hydrogen-bond acceptors (Lipinski definition) is 3. The molecule has 26 heavy (non-hydrogen) atoms. The lowest BCUT2D eigenvalue weighted by atomic mass is 10.0. The number of nitrogens with zero attached hydrogens (tertiary/aromatic N) is 1. The zero-order valence-electron chi connectivity index (χ0n) is 15.7. The van der Waals surface area contributed by atoms with Gasteiger partial charge >= 0.3 is 5.97 Å². The van der Waals surface area contributed by atoms with Gasteiger partial charge in [0.2, 0.25) is 5.91 Å². The Bertz CT molecular complexity index is 812. The summed E-state index contributed by atoms with van der Waals surface area (Å²) in [5.41, 5.74) is 4.02. The van der Waals surface area contributed by atoms with Gasteiger partial charge in [-0.15, -0.1) is 0 Å². The molecule has 2 rings (SSSR count). The summed E-state index contributed by atoms with van der Waals surface area (Å²) in [6, 6.07) is 6.15. The molecular formula is C20H25FN2O3. The van der Waals surface area contributed by atoms with Crippen molar-refractivity contribution in [1.82, 2.24) is 9.88 Å². The molecule has 0 fully saturated rings. The molecular weight excluding hydrogens is 335 g/mol. The summed E-state index contributed by atoms with van der Waals surface area (Å²) in [6.07, 6.45) is 0.823. The van der Waals surface area contributed by atoms with Crippen LogP contribution in [0.4, 0.5) is 4.39 Å². The third-order valence-corrected chi connectivity index (χ3v) is 4.53. The average Bonchev–Trinajstić information content (AvgIpc) is 2.81. The van der Waals surface area contributed by atoms with Crippen LogP contribution in [0.15, 0.2) is 24.3 Å². The van der Waals surface area contributed by atoms with Gasteiger partial charge in [-0.2, -0.15) is 0 Å². The van der Waals surface area contributed by atoms with Gasteiger partial charge < -0.3 is 14.6 Å². The molecule has 2 aromatic rings. The summed E-state index contributed by atoms with van der Waals surface area (Å²) in [4.78, 5) is 24.2. The second-order valence-corrected chi connectivity index (χ2v) is 6.22. The molecule has 1 heterocycles. The molecule has 0 aliphatic rings. The highest BCUT2D eigenvalue weighted by molar-refractivity contribution is 5.90. The molecule has 0 atom stereocenters. The number of rotatable bonds is 7. The lowest BCUT2D eigenvalue weighted by molar-refractivity contribution is -0.121. The highest BCUT2D eigenvalue weighted by Gasteiger charge is 2.21. The number of esters is 1. The minimum atomic E-state index is -0.350. The van der Waals surface area contributed by atoms with E-state index in [1.165, 1.54) is 12.1 Å². The quantitative estimate of drug-likeness (QED) is 0.772. The lowest BCUT2D eigenvalue weighted by Crippen LogP contribution is -2.23. The Morgan fingerprint density at radius 3 is 2.65 bits per heavy atom. The van der Waals surface area contributed by atoms with Crippen molar-refractivity contribution in [2.45, 2.75) is 40.2 Å². The van der Waals surface area contributed by atoms with Crippen molar-refractivity contribution in [2.24, 2.45) is 7.05 Å². The van der Waals surface area contributed by atoms with Crippen molar-refractivity contribution in [3.8, 4) is 0 Å². The number of aromatic nitrogens is 1. The van der Waals surface area contributed by atoms with Crippen LogP contribution in [-0.2, 0) is 29.5 Å². The number of carbonyl (C=O) groups excluding carboxylic acids is 2. The van der Waals surface area contributed by atoms with E-state index in [1.807, 2.05) is 25.5 Å². The Morgan fingerprint density at radius 1 is 1.27 bits per heavy atom. The second-order valence-electron chi connectivity index (χ2n) is 6.22. The second kappa shape index (κ2) is 8.65. The molecule has 1 N–H and O–H groups in total. The van der Waals surface area contributed by atoms with Crippen molar-refractivity contribution < 1.29 is 18.7 Å². The summed E-state index contributed by atoms with van der Waals surface area (Å²) in [6.45, 7) is 6.18. The van der Waals surface area contributed by atoms with E-state index in [0.29, 0.717) is 25.1 Å². The minimum absolute atomic E-state index is 0.116. The van der Waals surface area contributed by atoms with Crippen molar-refractivity contribution in [1.29, 1.82) is 0 Å². The SMILES string of the molecule is CCOC(=O)c1c(C)c(CCC(=O)NCc2cccc(F)c2)c(C)n1C. The van der Waals surface area contributed by atoms with E-state index in [0.717, 1.165) is 22.4 Å². The molecule has 0 radical (unpaired) electrons. The van der Waals surface area contributed by atoms with E-state index < -0.39 is 0 Å². The third-order valence-electron chi connectivity index (χ3n) is 4.53. The van der Waals surface area contributed by atoms with Crippen molar-refractivity contribution >= 4 is 11.9 Å². The van der Waals surface area contributed by atoms with Crippen LogP contribution in [0.3, 0.4) is 0 Å². The van der Waals surface area contributed by atoms with Crippen molar-refractivity contribution in [2.75, 3.05) is 6.61 Å². The zero-order chi connectivity index (χ0) is 19.3. The monoisotopic (exact) mass is 360 g/mol. The summed E-state index contributed by atoms with van der Waals surface area (Å²) >= 11 is 0. The number of nitrogens with one attached hydrogen (secondary N) is 1. The summed E-state index contributed by atoms with van der Waals surface area (Å²) in [5.74, 6) is -0.786. The molecule has 0 saturated heterocycles. The Kier molecular flexibility index (Phi) is 6.55. The number of carbonyl (C=O) groups is 2. The van der Waals surface area contributed by atoms with Crippen LogP contribution in [0.5, 0.6) is 0 Å². The number of amides is 1. The number of hydrogen-bond donors (Lipinski definition) is 1. The molecule has 1 aromatic heterocycles. The van der Waals surface area contributed by atoms with Crippen LogP contribution < -0.4 is 5.32 Å². The highest BCUT2D eigenvalue weighted by Crippen LogP contribution is 2.23. The Morgan fingerprint density at radius 2 is 2.00 bits per heavy atom. The standard InChI is InChI=1S/C20H25FN2O3/c1-5-26-20(25)19-13(2)17(14(3)23(19)4)9-10-18(24)22-12-15-7-6-8-16(21)11-15/h6-8,11H,5,9-10,12H2,1-4H3,(H,22,24). The maximum Gasteiger partial charge on any atom is 0.355 e. The number of ether oxygens (including phenoxy) is 1. The van der Waals surface area contributed by atoms with Gasteiger partial charge in [0, 0.05) is 25.7 Å². The van der Waals surface area contributed by atoms with Gasteiger partial charge in [-0.3, -0.25) is 4.79 Å². The predicted octanol–water partition coefficient (Wildman–Crippen LogP) is 3.21. The van der Waals surface area contributed by atoms with Crippen molar-refractivity contribution in [3.05, 3.63) is 58.2 Å². The number of benzene rings is 1. The van der Waals surface area contributed by atoms with Crippen LogP contribution in [0.1, 0.15) is 46.2 Å². The molecule has 6 heteroatoms. The molecule has 1 amide bonds. The van der Waals surface area contributed by atoms with E-state index in [4.69, 9.17) is 4.74 Å². The smallest absolute Gasteiger partial charge is 0.355 e. The first-order chi connectivity index (χ1) is 12.3. The summed E-state index contributed by atoms with van der Waals surface area (Å²) < 4.78 is 20.1. The molecule has 0 saturated carbocycles. The van der Waals surface area contributed by atoms with Crippen LogP contribution in [0, 0.1) is 19.7 Å². The van der Waals surface area contributed by atoms with E-state index in [9.17, 15) is 14.0 Å². The average molecular weight is 360 g/mol. The topological polar surface area (TPSA) is 60.3 Å². The maximum absolute atomic E-state index is 13.2. The molecule has 1 aromatic carbocycles. The first kappa shape index (κ1) is 19.7. The largest absolute Gasteiger partial charge is 0.461 e. The summed E-state index contributed by atoms with van der Waals surface area (Å²) in [7, 11) is 1.82. The molecule has 0 spiro atoms. The van der Waals surface area contributed by atoms with Crippen LogP contribution in [0.25, 0.3) is 0 Å². The van der Waals surface area contributed by atoms with Gasteiger partial charge in [0.1, 0.15) is 11.5 Å². The Labute approximate surface area is 153 Å². The van der Waals surface area contributed by atoms with Gasteiger partial charge in [0.05, 0.1) is 6.61 Å². The summed E-state index contributed by atoms with van der Waals surface area (Å²) in [5, 5.41) is 2.80. The minimum Gasteiger partial charge on any atom is -0.461 e. The molecule has 140 valence electrons. The molecule has 0 aliphatic carbocycles. The molecule has 0 aliphatic heterocycles.